The van der Waals surface area contributed by atoms with Gasteiger partial charge in [0, 0.05) is 0 Å². The maximum absolute atomic E-state index is 13.3. The van der Waals surface area contributed by atoms with Crippen LogP contribution in [-0.2, 0) is 0 Å². The van der Waals surface area contributed by atoms with E-state index in [0.29, 0.717) is 0 Å². The van der Waals surface area contributed by atoms with Crippen LogP contribution in [0.3, 0.4) is 0 Å². The molecule has 0 bridgehead atoms. The molecule has 0 aromatic heterocycles. The van der Waals surface area contributed by atoms with Crippen LogP contribution in [0, 0.1) is 5.82 Å². The number of halogens is 3. The summed E-state index contributed by atoms with van der Waals surface area (Å²) in [6.45, 7) is -1.11. The van der Waals surface area contributed by atoms with Gasteiger partial charge in [-0.2, -0.15) is 0 Å². The van der Waals surface area contributed by atoms with Crippen LogP contribution < -0.4 is 5.73 Å². The van der Waals surface area contributed by atoms with E-state index in [0.717, 1.165) is 6.07 Å². The predicted molar refractivity (Wildman–Crippen MR) is 50.2 cm³/mol. The summed E-state index contributed by atoms with van der Waals surface area (Å²) in [6, 6.07) is 5.26. The number of nitrogens with two attached hydrogens (primary N) is 1. The molecule has 15 heavy (non-hydrogen) atoms. The van der Waals surface area contributed by atoms with Gasteiger partial charge in [-0.25, -0.2) is 8.78 Å². The van der Waals surface area contributed by atoms with Gasteiger partial charge in [-0.05, 0) is 11.6 Å². The van der Waals surface area contributed by atoms with E-state index in [2.05, 4.69) is 0 Å². The molecule has 2 nitrogen and oxygen atoms in total. The lowest BCUT2D eigenvalue weighted by Gasteiger charge is -2.20. The Morgan fingerprint density at radius 2 is 1.93 bits per heavy atom. The van der Waals surface area contributed by atoms with Crippen molar-refractivity contribution in [2.45, 2.75) is 18.3 Å². The fraction of sp³-hybridized carbons (Fsp3) is 0.400. The standard InChI is InChI=1S/C10H12F3NO/c11-5-7(9(13)10(14)15)6-3-1-2-4-8(6)12/h1-4,7,9-10,15H,5,14H2/t7-,9+,10?/m1/s1. The molecule has 5 heteroatoms. The van der Waals surface area contributed by atoms with E-state index in [1.165, 1.54) is 18.2 Å². The van der Waals surface area contributed by atoms with Gasteiger partial charge in [0.25, 0.3) is 0 Å². The molecule has 0 saturated carbocycles. The van der Waals surface area contributed by atoms with E-state index in [1.54, 1.807) is 0 Å². The van der Waals surface area contributed by atoms with Crippen molar-refractivity contribution < 1.29 is 18.3 Å². The molecule has 3 N–H and O–H groups in total. The molecule has 0 spiro atoms. The highest BCUT2D eigenvalue weighted by atomic mass is 19.1. The largest absolute Gasteiger partial charge is 0.376 e. The average molecular weight is 219 g/mol. The summed E-state index contributed by atoms with van der Waals surface area (Å²) in [7, 11) is 0. The van der Waals surface area contributed by atoms with Crippen LogP contribution in [0.2, 0.25) is 0 Å². The van der Waals surface area contributed by atoms with Gasteiger partial charge in [0.15, 0.2) is 0 Å². The second-order valence-corrected chi connectivity index (χ2v) is 3.22. The van der Waals surface area contributed by atoms with Crippen LogP contribution in [0.4, 0.5) is 13.2 Å². The molecule has 0 aliphatic rings. The van der Waals surface area contributed by atoms with Gasteiger partial charge in [0.2, 0.25) is 0 Å². The Labute approximate surface area is 85.5 Å². The van der Waals surface area contributed by atoms with Crippen LogP contribution in [0.25, 0.3) is 0 Å². The molecular weight excluding hydrogens is 207 g/mol. The first kappa shape index (κ1) is 12.0. The smallest absolute Gasteiger partial charge is 0.148 e. The van der Waals surface area contributed by atoms with Crippen molar-refractivity contribution in [3.63, 3.8) is 0 Å². The van der Waals surface area contributed by atoms with Crippen LogP contribution >= 0.6 is 0 Å². The summed E-state index contributed by atoms with van der Waals surface area (Å²) < 4.78 is 39.0. The lowest BCUT2D eigenvalue weighted by atomic mass is 9.94. The summed E-state index contributed by atoms with van der Waals surface area (Å²) in [5.74, 6) is -2.07. The Morgan fingerprint density at radius 1 is 1.33 bits per heavy atom. The van der Waals surface area contributed by atoms with Crippen molar-refractivity contribution in [1.29, 1.82) is 0 Å². The number of alkyl halides is 2. The molecule has 1 aromatic carbocycles. The topological polar surface area (TPSA) is 46.2 Å². The van der Waals surface area contributed by atoms with E-state index in [1.807, 2.05) is 0 Å². The molecule has 0 fully saturated rings. The number of hydrogen-bond donors (Lipinski definition) is 2. The van der Waals surface area contributed by atoms with Gasteiger partial charge >= 0.3 is 0 Å². The van der Waals surface area contributed by atoms with Gasteiger partial charge in [-0.15, -0.1) is 0 Å². The summed E-state index contributed by atoms with van der Waals surface area (Å²) in [6.07, 6.45) is -3.84. The first-order valence-electron chi connectivity index (χ1n) is 4.46. The molecule has 0 radical (unpaired) electrons. The first-order chi connectivity index (χ1) is 7.07. The van der Waals surface area contributed by atoms with E-state index < -0.39 is 30.8 Å². The molecule has 0 saturated heterocycles. The van der Waals surface area contributed by atoms with Crippen LogP contribution in [0.15, 0.2) is 24.3 Å². The van der Waals surface area contributed by atoms with E-state index in [4.69, 9.17) is 10.8 Å². The Balaban J connectivity index is 2.97. The molecule has 1 rings (SSSR count). The van der Waals surface area contributed by atoms with Crippen molar-refractivity contribution in [3.8, 4) is 0 Å². The van der Waals surface area contributed by atoms with E-state index in [-0.39, 0.29) is 5.56 Å². The normalized spacial score (nSPS) is 17.1. The third-order valence-corrected chi connectivity index (χ3v) is 2.18. The fourth-order valence-corrected chi connectivity index (χ4v) is 1.35. The molecule has 3 atom stereocenters. The minimum Gasteiger partial charge on any atom is -0.376 e. The van der Waals surface area contributed by atoms with Crippen molar-refractivity contribution in [2.75, 3.05) is 6.67 Å². The van der Waals surface area contributed by atoms with E-state index >= 15 is 0 Å². The van der Waals surface area contributed by atoms with Crippen molar-refractivity contribution in [1.82, 2.24) is 0 Å². The Kier molecular flexibility index (Phi) is 4.11. The minimum absolute atomic E-state index is 0.114. The number of aliphatic hydroxyl groups is 1. The Morgan fingerprint density at radius 3 is 2.40 bits per heavy atom. The Hall–Kier alpha value is -1.07. The van der Waals surface area contributed by atoms with Crippen LogP contribution in [-0.4, -0.2) is 24.2 Å². The maximum atomic E-state index is 13.3. The van der Waals surface area contributed by atoms with E-state index in [9.17, 15) is 13.2 Å². The van der Waals surface area contributed by atoms with Crippen molar-refractivity contribution in [3.05, 3.63) is 35.6 Å². The molecular formula is C10H12F3NO. The predicted octanol–water partition coefficient (Wildman–Crippen LogP) is 1.49. The van der Waals surface area contributed by atoms with Gasteiger partial charge in [-0.1, -0.05) is 18.2 Å². The SMILES string of the molecule is NC(O)[C@@H](F)[C@H](CF)c1ccccc1F. The number of hydrogen-bond acceptors (Lipinski definition) is 2. The lowest BCUT2D eigenvalue weighted by molar-refractivity contribution is 0.0593. The molecule has 1 aromatic rings. The fourth-order valence-electron chi connectivity index (χ4n) is 1.35. The zero-order valence-electron chi connectivity index (χ0n) is 7.91. The van der Waals surface area contributed by atoms with Gasteiger partial charge in [-0.3, -0.25) is 4.39 Å². The van der Waals surface area contributed by atoms with Gasteiger partial charge in [0.1, 0.15) is 18.2 Å². The third kappa shape index (κ3) is 2.70. The highest BCUT2D eigenvalue weighted by molar-refractivity contribution is 5.23. The highest BCUT2D eigenvalue weighted by Crippen LogP contribution is 2.26. The Bertz CT molecular complexity index is 319. The van der Waals surface area contributed by atoms with Gasteiger partial charge < -0.3 is 10.8 Å². The monoisotopic (exact) mass is 219 g/mol. The quantitative estimate of drug-likeness (QED) is 0.754. The average Bonchev–Trinajstić information content (AvgIpc) is 2.21. The summed E-state index contributed by atoms with van der Waals surface area (Å²) >= 11 is 0. The van der Waals surface area contributed by atoms with Crippen molar-refractivity contribution in [2.24, 2.45) is 5.73 Å². The zero-order chi connectivity index (χ0) is 11.4. The molecule has 84 valence electrons. The molecule has 0 aliphatic carbocycles. The number of benzene rings is 1. The zero-order valence-corrected chi connectivity index (χ0v) is 7.91. The maximum Gasteiger partial charge on any atom is 0.148 e. The lowest BCUT2D eigenvalue weighted by Crippen LogP contribution is -2.36. The second-order valence-electron chi connectivity index (χ2n) is 3.22. The molecule has 0 aliphatic heterocycles. The molecule has 0 amide bonds. The molecule has 0 heterocycles. The number of rotatable bonds is 4. The summed E-state index contributed by atoms with van der Waals surface area (Å²) in [4.78, 5) is 0. The van der Waals surface area contributed by atoms with Gasteiger partial charge in [0.05, 0.1) is 12.6 Å². The number of aliphatic hydroxyl groups excluding tert-OH is 1. The second kappa shape index (κ2) is 5.14. The third-order valence-electron chi connectivity index (χ3n) is 2.18. The summed E-state index contributed by atoms with van der Waals surface area (Å²) in [5.41, 5.74) is 4.78. The minimum atomic E-state index is -2.02. The van der Waals surface area contributed by atoms with Crippen molar-refractivity contribution >= 4 is 0 Å². The highest BCUT2D eigenvalue weighted by Gasteiger charge is 2.29. The summed E-state index contributed by atoms with van der Waals surface area (Å²) in [5, 5.41) is 8.79. The van der Waals surface area contributed by atoms with Crippen LogP contribution in [0.5, 0.6) is 0 Å². The molecule has 1 unspecified atom stereocenters. The first-order valence-corrected chi connectivity index (χ1v) is 4.46. The van der Waals surface area contributed by atoms with Crippen LogP contribution in [0.1, 0.15) is 11.5 Å².